The van der Waals surface area contributed by atoms with Gasteiger partial charge < -0.3 is 0 Å². The Morgan fingerprint density at radius 3 is 1.39 bits per heavy atom. The van der Waals surface area contributed by atoms with Crippen molar-refractivity contribution in [2.45, 2.75) is 25.7 Å². The van der Waals surface area contributed by atoms with Crippen LogP contribution in [-0.2, 0) is 16.5 Å². The first-order valence-electron chi connectivity index (χ1n) is 9.83. The van der Waals surface area contributed by atoms with Gasteiger partial charge >= 0.3 is 0 Å². The predicted octanol–water partition coefficient (Wildman–Crippen LogP) is 5.99. The molecule has 1 aliphatic rings. The van der Waals surface area contributed by atoms with E-state index in [4.69, 9.17) is 0 Å². The molecule has 0 fully saturated rings. The molecule has 3 aromatic rings. The van der Waals surface area contributed by atoms with E-state index in [1.165, 1.54) is 15.9 Å². The minimum Gasteiger partial charge on any atom is -0.0882 e. The fourth-order valence-corrected chi connectivity index (χ4v) is 8.73. The Morgan fingerprint density at radius 1 is 0.500 bits per heavy atom. The van der Waals surface area contributed by atoms with Crippen LogP contribution in [0.1, 0.15) is 25.7 Å². The van der Waals surface area contributed by atoms with Gasteiger partial charge in [-0.15, -0.1) is 0 Å². The Morgan fingerprint density at radius 2 is 0.929 bits per heavy atom. The molecule has 0 saturated heterocycles. The molecular weight excluding hydrogens is 402 g/mol. The monoisotopic (exact) mass is 427 g/mol. The molecule has 0 heterocycles. The average molecular weight is 428 g/mol. The summed E-state index contributed by atoms with van der Waals surface area (Å²) in [7, 11) is -1.85. The van der Waals surface area contributed by atoms with Gasteiger partial charge in [-0.3, -0.25) is 0 Å². The maximum Gasteiger partial charge on any atom is 0.139 e. The van der Waals surface area contributed by atoms with Crippen molar-refractivity contribution >= 4 is 23.2 Å². The summed E-state index contributed by atoms with van der Waals surface area (Å²) < 4.78 is 0. The number of benzene rings is 3. The molecule has 0 N–H and O–H groups in total. The van der Waals surface area contributed by atoms with Gasteiger partial charge in [0.05, 0.1) is 5.31 Å². The third kappa shape index (κ3) is 4.07. The second-order valence-corrected chi connectivity index (χ2v) is 10.4. The van der Waals surface area contributed by atoms with Gasteiger partial charge in [0.25, 0.3) is 0 Å². The van der Waals surface area contributed by atoms with E-state index in [2.05, 4.69) is 109 Å². The minimum atomic E-state index is -1.85. The van der Waals surface area contributed by atoms with E-state index in [0.717, 1.165) is 25.7 Å². The Bertz CT molecular complexity index is 818. The molecule has 144 valence electrons. The molecule has 0 amide bonds. The smallest absolute Gasteiger partial charge is 0.0882 e. The van der Waals surface area contributed by atoms with Crippen molar-refractivity contribution in [3.8, 4) is 0 Å². The molecule has 0 nitrogen and oxygen atoms in total. The maximum absolute atomic E-state index is 2.55. The first-order valence-corrected chi connectivity index (χ1v) is 11.6. The number of hydrogen-bond acceptors (Lipinski definition) is 0. The summed E-state index contributed by atoms with van der Waals surface area (Å²) >= 11 is 0. The molecule has 1 aliphatic carbocycles. The molecule has 3 aromatic carbocycles. The van der Waals surface area contributed by atoms with Crippen LogP contribution in [0.5, 0.6) is 0 Å². The molecule has 4 rings (SSSR count). The van der Waals surface area contributed by atoms with E-state index in [9.17, 15) is 0 Å². The molecule has 0 aromatic heterocycles. The van der Waals surface area contributed by atoms with Crippen molar-refractivity contribution in [3.05, 3.63) is 115 Å². The third-order valence-corrected chi connectivity index (χ3v) is 9.79. The summed E-state index contributed by atoms with van der Waals surface area (Å²) in [5.74, 6) is 0. The largest absolute Gasteiger partial charge is 0.139 e. The van der Waals surface area contributed by atoms with Crippen LogP contribution in [0.15, 0.2) is 115 Å². The van der Waals surface area contributed by atoms with Crippen LogP contribution in [0.25, 0.3) is 0 Å². The molecule has 0 bridgehead atoms. The van der Waals surface area contributed by atoms with Gasteiger partial charge in [-0.25, -0.2) is 0 Å². The maximum atomic E-state index is 2.55. The molecule has 0 atom stereocenters. The van der Waals surface area contributed by atoms with Gasteiger partial charge in [-0.1, -0.05) is 66.7 Å². The fourth-order valence-electron chi connectivity index (χ4n) is 4.12. The van der Waals surface area contributed by atoms with Gasteiger partial charge in [0.15, 0.2) is 0 Å². The summed E-state index contributed by atoms with van der Waals surface area (Å²) in [6, 6.07) is 33.6. The van der Waals surface area contributed by atoms with Gasteiger partial charge in [0.2, 0.25) is 0 Å². The topological polar surface area (TPSA) is 0 Å². The summed E-state index contributed by atoms with van der Waals surface area (Å²) in [4.78, 5) is 0. The first-order chi connectivity index (χ1) is 13.4. The number of allylic oxidation sites excluding steroid dienone is 4. The zero-order valence-corrected chi connectivity index (χ0v) is 17.9. The van der Waals surface area contributed by atoms with Crippen LogP contribution in [0, 0.1) is 0 Å². The Balaban J connectivity index is 0.00000225. The predicted molar refractivity (Wildman–Crippen MR) is 121 cm³/mol. The normalized spacial score (nSPS) is 14.4. The second kappa shape index (κ2) is 10.0. The standard InChI is InChI=1S/C26H26P.Ni/c1-2-7-15-23(16-8-3-1)27(24-17-9-4-10-18-24,25-19-11-5-12-20-25)26-21-13-6-14-22-26;/h1-2,4-6,9-14,16-22H,3,7-8,15H2;/q+1;. The average Bonchev–Trinajstić information content (AvgIpc) is 2.72. The quantitative estimate of drug-likeness (QED) is 0.272. The van der Waals surface area contributed by atoms with Crippen LogP contribution < -0.4 is 15.9 Å². The summed E-state index contributed by atoms with van der Waals surface area (Å²) in [5, 5.41) is 5.99. The van der Waals surface area contributed by atoms with Gasteiger partial charge in [-0.2, -0.15) is 0 Å². The van der Waals surface area contributed by atoms with E-state index in [0.29, 0.717) is 0 Å². The van der Waals surface area contributed by atoms with Gasteiger partial charge in [0, 0.05) is 22.9 Å². The van der Waals surface area contributed by atoms with Crippen LogP contribution in [0.2, 0.25) is 0 Å². The van der Waals surface area contributed by atoms with Crippen molar-refractivity contribution in [2.24, 2.45) is 0 Å². The van der Waals surface area contributed by atoms with E-state index < -0.39 is 7.26 Å². The summed E-state index contributed by atoms with van der Waals surface area (Å²) in [5.41, 5.74) is 0. The fraction of sp³-hybridized carbons (Fsp3) is 0.154. The SMILES string of the molecule is C1=CCCC([P+](c2ccccc2)(c2ccccc2)c2ccccc2)=CCC1.[Ni]. The van der Waals surface area contributed by atoms with Crippen LogP contribution in [0.4, 0.5) is 0 Å². The molecule has 2 heteroatoms. The van der Waals surface area contributed by atoms with E-state index in [1.54, 1.807) is 5.31 Å². The zero-order valence-electron chi connectivity index (χ0n) is 16.0. The second-order valence-electron chi connectivity index (χ2n) is 6.96. The molecule has 0 saturated carbocycles. The van der Waals surface area contributed by atoms with Crippen molar-refractivity contribution < 1.29 is 16.5 Å². The van der Waals surface area contributed by atoms with Gasteiger partial charge in [-0.05, 0) is 61.7 Å². The van der Waals surface area contributed by atoms with Crippen LogP contribution >= 0.6 is 7.26 Å². The van der Waals surface area contributed by atoms with Crippen LogP contribution in [-0.4, -0.2) is 0 Å². The Hall–Kier alpha value is -1.94. The summed E-state index contributed by atoms with van der Waals surface area (Å²) in [6.45, 7) is 0. The van der Waals surface area contributed by atoms with Gasteiger partial charge in [0.1, 0.15) is 23.2 Å². The first kappa shape index (κ1) is 20.8. The summed E-state index contributed by atoms with van der Waals surface area (Å²) in [6.07, 6.45) is 11.8. The Kier molecular flexibility index (Phi) is 7.44. The molecule has 0 aliphatic heterocycles. The zero-order chi connectivity index (χ0) is 18.4. The molecular formula is C26H26NiP+. The number of rotatable bonds is 4. The molecule has 0 unspecified atom stereocenters. The minimum absolute atomic E-state index is 0. The van der Waals surface area contributed by atoms with E-state index in [-0.39, 0.29) is 16.5 Å². The molecule has 0 spiro atoms. The van der Waals surface area contributed by atoms with Crippen molar-refractivity contribution in [1.29, 1.82) is 0 Å². The van der Waals surface area contributed by atoms with Crippen LogP contribution in [0.3, 0.4) is 0 Å². The van der Waals surface area contributed by atoms with Crippen molar-refractivity contribution in [2.75, 3.05) is 0 Å². The molecule has 0 radical (unpaired) electrons. The number of hydrogen-bond donors (Lipinski definition) is 0. The van der Waals surface area contributed by atoms with E-state index in [1.807, 2.05) is 0 Å². The van der Waals surface area contributed by atoms with Crippen molar-refractivity contribution in [1.82, 2.24) is 0 Å². The van der Waals surface area contributed by atoms with E-state index >= 15 is 0 Å². The Labute approximate surface area is 179 Å². The molecule has 28 heavy (non-hydrogen) atoms. The third-order valence-electron chi connectivity index (χ3n) is 5.31. The van der Waals surface area contributed by atoms with Crippen molar-refractivity contribution in [3.63, 3.8) is 0 Å².